The molecule has 0 N–H and O–H groups in total. The monoisotopic (exact) mass is 230 g/mol. The van der Waals surface area contributed by atoms with Crippen LogP contribution in [0.2, 0.25) is 0 Å². The van der Waals surface area contributed by atoms with Gasteiger partial charge in [0, 0.05) is 0 Å². The Morgan fingerprint density at radius 3 is 2.14 bits per heavy atom. The fourth-order valence-electron chi connectivity index (χ4n) is 0.0333. The van der Waals surface area contributed by atoms with Crippen molar-refractivity contribution in [2.75, 3.05) is 13.8 Å². The summed E-state index contributed by atoms with van der Waals surface area (Å²) < 4.78 is 19.4. The zero-order valence-corrected chi connectivity index (χ0v) is 7.57. The average molecular weight is 231 g/mol. The molecule has 0 aromatic rings. The van der Waals surface area contributed by atoms with Crippen LogP contribution in [0.15, 0.2) is 0 Å². The summed E-state index contributed by atoms with van der Waals surface area (Å²) in [5.41, 5.74) is 0. The molecule has 7 heavy (non-hydrogen) atoms. The molecule has 0 saturated heterocycles. The van der Waals surface area contributed by atoms with Gasteiger partial charge in [-0.15, -0.1) is 0 Å². The van der Waals surface area contributed by atoms with Gasteiger partial charge in [-0.05, 0) is 0 Å². The Bertz CT molecular complexity index is 84.9. The van der Waals surface area contributed by atoms with Gasteiger partial charge >= 0.3 is 56.7 Å². The van der Waals surface area contributed by atoms with Crippen LogP contribution in [0.3, 0.4) is 0 Å². The van der Waals surface area contributed by atoms with Gasteiger partial charge in [-0.25, -0.2) is 0 Å². The molecule has 3 nitrogen and oxygen atoms in total. The number of rotatable bonds is 2. The van der Waals surface area contributed by atoms with Gasteiger partial charge in [0.15, 0.2) is 0 Å². The molecule has 0 aliphatic rings. The van der Waals surface area contributed by atoms with Gasteiger partial charge < -0.3 is 0 Å². The molecule has 0 aromatic carbocycles. The zero-order valence-electron chi connectivity index (χ0n) is 4.12. The molecular formula is C2H6O3PSb. The molecule has 0 saturated carbocycles. The SMILES string of the molecule is COP(C)(=O)[O][Sb]. The van der Waals surface area contributed by atoms with E-state index in [1.54, 1.807) is 0 Å². The van der Waals surface area contributed by atoms with Crippen LogP contribution in [-0.4, -0.2) is 37.2 Å². The number of hydrogen-bond donors (Lipinski definition) is 0. The summed E-state index contributed by atoms with van der Waals surface area (Å²) in [6.07, 6.45) is 0. The molecule has 42 valence electrons. The van der Waals surface area contributed by atoms with Crippen LogP contribution in [0.25, 0.3) is 0 Å². The summed E-state index contributed by atoms with van der Waals surface area (Å²) in [5, 5.41) is 0. The maximum atomic E-state index is 10.5. The van der Waals surface area contributed by atoms with Gasteiger partial charge in [-0.3, -0.25) is 0 Å². The molecule has 0 fully saturated rings. The van der Waals surface area contributed by atoms with Crippen LogP contribution in [-0.2, 0) is 11.9 Å². The van der Waals surface area contributed by atoms with E-state index in [1.165, 1.54) is 13.8 Å². The van der Waals surface area contributed by atoms with E-state index in [4.69, 9.17) is 0 Å². The van der Waals surface area contributed by atoms with Crippen molar-refractivity contribution in [2.24, 2.45) is 0 Å². The minimum atomic E-state index is -2.63. The van der Waals surface area contributed by atoms with E-state index < -0.39 is 7.60 Å². The van der Waals surface area contributed by atoms with Gasteiger partial charge in [0.05, 0.1) is 0 Å². The maximum absolute atomic E-state index is 10.5. The first-order valence-electron chi connectivity index (χ1n) is 1.59. The Labute approximate surface area is 57.0 Å². The quantitative estimate of drug-likeness (QED) is 0.514. The van der Waals surface area contributed by atoms with Gasteiger partial charge in [0.25, 0.3) is 0 Å². The van der Waals surface area contributed by atoms with Gasteiger partial charge in [0.2, 0.25) is 0 Å². The van der Waals surface area contributed by atoms with Crippen molar-refractivity contribution in [3.8, 4) is 0 Å². The van der Waals surface area contributed by atoms with E-state index in [-0.39, 0.29) is 0 Å². The first-order valence-corrected chi connectivity index (χ1v) is 4.62. The standard InChI is InChI=1S/C2H7O3P.Sb/c1-5-6(2,3)4;/h1-2H3,(H,3,4);/q;+1/p-1. The molecule has 1 unspecified atom stereocenters. The topological polar surface area (TPSA) is 35.5 Å². The van der Waals surface area contributed by atoms with Crippen LogP contribution in [0, 0.1) is 0 Å². The molecule has 0 spiro atoms. The normalized spacial score (nSPS) is 18.7. The molecular weight excluding hydrogens is 225 g/mol. The Kier molecular flexibility index (Phi) is 3.51. The van der Waals surface area contributed by atoms with Gasteiger partial charge in [-0.2, -0.15) is 0 Å². The Morgan fingerprint density at radius 1 is 1.71 bits per heavy atom. The molecule has 0 rings (SSSR count). The zero-order chi connectivity index (χ0) is 5.91. The van der Waals surface area contributed by atoms with Crippen molar-refractivity contribution in [3.05, 3.63) is 0 Å². The van der Waals surface area contributed by atoms with Crippen molar-refractivity contribution in [1.29, 1.82) is 0 Å². The first-order chi connectivity index (χ1) is 3.12. The van der Waals surface area contributed by atoms with Gasteiger partial charge in [-0.1, -0.05) is 0 Å². The predicted octanol–water partition coefficient (Wildman–Crippen LogP) is 0.556. The van der Waals surface area contributed by atoms with E-state index in [2.05, 4.69) is 7.33 Å². The molecule has 0 bridgehead atoms. The van der Waals surface area contributed by atoms with Crippen LogP contribution in [0.5, 0.6) is 0 Å². The second-order valence-electron chi connectivity index (χ2n) is 1.04. The molecule has 0 aliphatic carbocycles. The Morgan fingerprint density at radius 2 is 2.14 bits per heavy atom. The fraction of sp³-hybridized carbons (Fsp3) is 1.00. The third-order valence-electron chi connectivity index (χ3n) is 0.480. The van der Waals surface area contributed by atoms with Crippen molar-refractivity contribution in [2.45, 2.75) is 0 Å². The van der Waals surface area contributed by atoms with E-state index >= 15 is 0 Å². The van der Waals surface area contributed by atoms with Crippen LogP contribution >= 0.6 is 7.60 Å². The summed E-state index contributed by atoms with van der Waals surface area (Å²) in [5.74, 6) is 0. The van der Waals surface area contributed by atoms with Crippen molar-refractivity contribution in [1.82, 2.24) is 0 Å². The third kappa shape index (κ3) is 3.54. The van der Waals surface area contributed by atoms with Crippen LogP contribution < -0.4 is 0 Å². The van der Waals surface area contributed by atoms with Crippen molar-refractivity contribution in [3.63, 3.8) is 0 Å². The van der Waals surface area contributed by atoms with Crippen molar-refractivity contribution < 1.29 is 11.9 Å². The van der Waals surface area contributed by atoms with Crippen LogP contribution in [0.4, 0.5) is 0 Å². The van der Waals surface area contributed by atoms with Crippen molar-refractivity contribution >= 4 is 31.0 Å². The third-order valence-corrected chi connectivity index (χ3v) is 3.98. The van der Waals surface area contributed by atoms with E-state index in [9.17, 15) is 4.57 Å². The van der Waals surface area contributed by atoms with E-state index in [0.29, 0.717) is 0 Å². The summed E-state index contributed by atoms with van der Waals surface area (Å²) >= 11 is 1.03. The second kappa shape index (κ2) is 3.09. The molecule has 2 radical (unpaired) electrons. The summed E-state index contributed by atoms with van der Waals surface area (Å²) in [7, 11) is -1.27. The summed E-state index contributed by atoms with van der Waals surface area (Å²) in [6, 6.07) is 0. The minimum absolute atomic E-state index is 1.03. The van der Waals surface area contributed by atoms with E-state index in [1.807, 2.05) is 0 Å². The summed E-state index contributed by atoms with van der Waals surface area (Å²) in [6.45, 7) is 1.42. The molecule has 5 heteroatoms. The fourth-order valence-corrected chi connectivity index (χ4v) is 0.671. The number of hydrogen-bond acceptors (Lipinski definition) is 3. The molecule has 0 heterocycles. The molecule has 1 atom stereocenters. The Hall–Kier alpha value is 0.968. The predicted molar refractivity (Wildman–Crippen MR) is 27.4 cm³/mol. The molecule has 0 amide bonds. The molecule has 0 aromatic heterocycles. The molecule has 0 aliphatic heterocycles. The first kappa shape index (κ1) is 7.97. The summed E-state index contributed by atoms with van der Waals surface area (Å²) in [4.78, 5) is 0. The van der Waals surface area contributed by atoms with E-state index in [0.717, 1.165) is 23.4 Å². The van der Waals surface area contributed by atoms with Crippen LogP contribution in [0.1, 0.15) is 0 Å². The second-order valence-corrected chi connectivity index (χ2v) is 4.50. The average Bonchev–Trinajstić information content (AvgIpc) is 1.68. The Balaban J connectivity index is 3.61. The van der Waals surface area contributed by atoms with Gasteiger partial charge in [0.1, 0.15) is 0 Å².